The van der Waals surface area contributed by atoms with Crippen molar-refractivity contribution in [3.05, 3.63) is 94.5 Å². The number of aromatic amines is 1. The molecule has 4 aromatic rings. The molecule has 0 amide bonds. The molecule has 1 N–H and O–H groups in total. The van der Waals surface area contributed by atoms with Crippen molar-refractivity contribution in [2.24, 2.45) is 0 Å². The third kappa shape index (κ3) is 3.66. The summed E-state index contributed by atoms with van der Waals surface area (Å²) in [6.45, 7) is 0. The molecule has 0 aliphatic heterocycles. The van der Waals surface area contributed by atoms with E-state index in [0.29, 0.717) is 0 Å². The van der Waals surface area contributed by atoms with Crippen LogP contribution in [0.1, 0.15) is 33.2 Å². The third-order valence-electron chi connectivity index (χ3n) is 4.66. The van der Waals surface area contributed by atoms with Crippen molar-refractivity contribution < 1.29 is 4.74 Å². The molecule has 27 heavy (non-hydrogen) atoms. The summed E-state index contributed by atoms with van der Waals surface area (Å²) in [7, 11) is 1.72. The fourth-order valence-corrected chi connectivity index (χ4v) is 4.24. The zero-order chi connectivity index (χ0) is 18.8. The van der Waals surface area contributed by atoms with Crippen molar-refractivity contribution in [3.8, 4) is 0 Å². The van der Waals surface area contributed by atoms with Crippen LogP contribution in [0, 0.1) is 0 Å². The molecule has 6 heteroatoms. The van der Waals surface area contributed by atoms with E-state index in [2.05, 4.69) is 34.2 Å². The van der Waals surface area contributed by atoms with Crippen LogP contribution < -0.4 is 0 Å². The van der Waals surface area contributed by atoms with Crippen LogP contribution in [-0.2, 0) is 4.74 Å². The predicted molar refractivity (Wildman–Crippen MR) is 111 cm³/mol. The number of halogens is 1. The first kappa shape index (κ1) is 18.2. The third-order valence-corrected chi connectivity index (χ3v) is 6.44. The van der Waals surface area contributed by atoms with Gasteiger partial charge in [0.15, 0.2) is 0 Å². The van der Waals surface area contributed by atoms with Crippen molar-refractivity contribution in [3.63, 3.8) is 0 Å². The molecule has 0 bridgehead atoms. The number of nitrogens with zero attached hydrogens (tertiary/aromatic N) is 2. The van der Waals surface area contributed by atoms with Crippen molar-refractivity contribution in [2.75, 3.05) is 7.11 Å². The van der Waals surface area contributed by atoms with Gasteiger partial charge in [-0.2, -0.15) is 0 Å². The second kappa shape index (κ2) is 7.85. The van der Waals surface area contributed by atoms with Crippen LogP contribution in [0.3, 0.4) is 0 Å². The average molecular weight is 440 g/mol. The summed E-state index contributed by atoms with van der Waals surface area (Å²) in [6, 6.07) is 16.1. The quantitative estimate of drug-likeness (QED) is 0.477. The Morgan fingerprint density at radius 3 is 2.52 bits per heavy atom. The van der Waals surface area contributed by atoms with Crippen LogP contribution in [-0.4, -0.2) is 38.9 Å². The summed E-state index contributed by atoms with van der Waals surface area (Å²) < 4.78 is 6.04. The number of methoxy groups -OCH3 is 1. The van der Waals surface area contributed by atoms with Crippen LogP contribution in [0.4, 0.5) is 0 Å². The molecule has 136 valence electrons. The number of nitrogens with one attached hydrogen (secondary N) is 1. The zero-order valence-corrected chi connectivity index (χ0v) is 17.9. The van der Waals surface area contributed by atoms with Crippen molar-refractivity contribution >= 4 is 39.5 Å². The van der Waals surface area contributed by atoms with Crippen LogP contribution >= 0.6 is 11.6 Å². The molecule has 4 nitrogen and oxygen atoms in total. The van der Waals surface area contributed by atoms with E-state index in [9.17, 15) is 0 Å². The van der Waals surface area contributed by atoms with Gasteiger partial charge in [0, 0.05) is 0 Å². The molecule has 3 aromatic heterocycles. The van der Waals surface area contributed by atoms with Gasteiger partial charge in [0.25, 0.3) is 0 Å². The molecule has 3 atom stereocenters. The van der Waals surface area contributed by atoms with Crippen molar-refractivity contribution in [1.82, 2.24) is 15.0 Å². The van der Waals surface area contributed by atoms with Crippen molar-refractivity contribution in [1.29, 1.82) is 0 Å². The number of benzene rings is 1. The zero-order valence-electron chi connectivity index (χ0n) is 14.8. The Bertz CT molecular complexity index is 1050. The Labute approximate surface area is 171 Å². The van der Waals surface area contributed by atoms with E-state index in [1.165, 1.54) is 5.56 Å². The van der Waals surface area contributed by atoms with Crippen LogP contribution in [0.15, 0.2) is 67.1 Å². The molecule has 4 rings (SSSR count). The van der Waals surface area contributed by atoms with Gasteiger partial charge >= 0.3 is 172 Å². The molecule has 0 saturated heterocycles. The average Bonchev–Trinajstić information content (AvgIpc) is 3.13. The second-order valence-corrected chi connectivity index (χ2v) is 8.14. The Kier molecular flexibility index (Phi) is 5.31. The molecule has 0 saturated carbocycles. The maximum atomic E-state index is 5.99. The number of H-pyrrole nitrogens is 1. The van der Waals surface area contributed by atoms with E-state index in [4.69, 9.17) is 21.3 Å². The number of hydrogen-bond acceptors (Lipinski definition) is 3. The summed E-state index contributed by atoms with van der Waals surface area (Å²) in [5, 5.41) is 1.81. The van der Waals surface area contributed by atoms with Gasteiger partial charge in [0.2, 0.25) is 0 Å². The van der Waals surface area contributed by atoms with Gasteiger partial charge in [-0.1, -0.05) is 0 Å². The van der Waals surface area contributed by atoms with E-state index >= 15 is 0 Å². The number of ether oxygens (including phenoxy) is 1. The Morgan fingerprint density at radius 1 is 1.04 bits per heavy atom. The minimum absolute atomic E-state index is 0.194. The Hall–Kier alpha value is -2.13. The second-order valence-electron chi connectivity index (χ2n) is 6.30. The van der Waals surface area contributed by atoms with Gasteiger partial charge in [-0.25, -0.2) is 0 Å². The van der Waals surface area contributed by atoms with Gasteiger partial charge in [-0.15, -0.1) is 0 Å². The van der Waals surface area contributed by atoms with E-state index in [0.717, 1.165) is 32.9 Å². The first-order valence-corrected chi connectivity index (χ1v) is 10.4. The molecule has 0 fully saturated rings. The van der Waals surface area contributed by atoms with Gasteiger partial charge in [-0.3, -0.25) is 0 Å². The summed E-state index contributed by atoms with van der Waals surface area (Å²) in [5.74, 6) is 0. The molecule has 0 aliphatic rings. The van der Waals surface area contributed by atoms with Gasteiger partial charge in [0.05, 0.1) is 0 Å². The molecular weight excluding hydrogens is 421 g/mol. The van der Waals surface area contributed by atoms with Crippen molar-refractivity contribution in [2.45, 2.75) is 10.8 Å². The first-order chi connectivity index (χ1) is 13.2. The molecule has 0 aliphatic carbocycles. The van der Waals surface area contributed by atoms with Crippen LogP contribution in [0.5, 0.6) is 0 Å². The standard InChI is InChI=1S/C21H19AsClN3O/c1-27-20(17-12-26-21-16(17)3-2-10-24-21)14-6-9-18(25-11-14)19(22)13-4-7-15(23)8-5-13/h2-12,19-20H,22H2,1H3,(H,24,26). The normalized spacial score (nSPS) is 13.6. The van der Waals surface area contributed by atoms with E-state index in [1.807, 2.05) is 36.7 Å². The number of pyridine rings is 2. The Morgan fingerprint density at radius 2 is 1.81 bits per heavy atom. The topological polar surface area (TPSA) is 50.8 Å². The van der Waals surface area contributed by atoms with E-state index < -0.39 is 0 Å². The van der Waals surface area contributed by atoms with Gasteiger partial charge in [-0.05, 0) is 0 Å². The summed E-state index contributed by atoms with van der Waals surface area (Å²) in [5.41, 5.74) is 5.19. The summed E-state index contributed by atoms with van der Waals surface area (Å²) in [6.07, 6.45) is 5.45. The van der Waals surface area contributed by atoms with Crippen LogP contribution in [0.2, 0.25) is 5.02 Å². The summed E-state index contributed by atoms with van der Waals surface area (Å²) >= 11 is 7.61. The molecular formula is C21H19AsClN3O. The van der Waals surface area contributed by atoms with Crippen LogP contribution in [0.25, 0.3) is 11.0 Å². The number of rotatable bonds is 5. The molecule has 3 unspecified atom stereocenters. The molecule has 1 aromatic carbocycles. The molecule has 0 radical (unpaired) electrons. The number of aromatic nitrogens is 3. The SMILES string of the molecule is COC(c1ccc(C([AsH2])c2ccc(Cl)cc2)nc1)c1c[nH]c2ncccc12. The maximum absolute atomic E-state index is 5.99. The monoisotopic (exact) mass is 439 g/mol. The van der Waals surface area contributed by atoms with Gasteiger partial charge < -0.3 is 0 Å². The molecule has 3 heterocycles. The fourth-order valence-electron chi connectivity index (χ4n) is 3.23. The minimum atomic E-state index is -0.194. The Balaban J connectivity index is 1.63. The summed E-state index contributed by atoms with van der Waals surface area (Å²) in [4.78, 5) is 12.3. The fraction of sp³-hybridized carbons (Fsp3) is 0.143. The first-order valence-electron chi connectivity index (χ1n) is 8.59. The molecule has 0 spiro atoms. The van der Waals surface area contributed by atoms with Gasteiger partial charge in [0.1, 0.15) is 0 Å². The van der Waals surface area contributed by atoms with E-state index in [1.54, 1.807) is 30.2 Å². The number of fused-ring (bicyclic) bond motifs is 1. The number of hydrogen-bond donors (Lipinski definition) is 1. The van der Waals surface area contributed by atoms with E-state index in [-0.39, 0.29) is 10.8 Å². The predicted octanol–water partition coefficient (Wildman–Crippen LogP) is 4.07.